The third kappa shape index (κ3) is 4.43. The second kappa shape index (κ2) is 9.79. The molecule has 180 valence electrons. The minimum Gasteiger partial charge on any atom is -0.368 e. The van der Waals surface area contributed by atoms with E-state index in [4.69, 9.17) is 4.98 Å². The molecule has 34 heavy (non-hydrogen) atoms. The Kier molecular flexibility index (Phi) is 6.59. The number of amides is 1. The van der Waals surface area contributed by atoms with E-state index in [-0.39, 0.29) is 5.92 Å². The highest BCUT2D eigenvalue weighted by Gasteiger charge is 2.31. The van der Waals surface area contributed by atoms with Gasteiger partial charge >= 0.3 is 0 Å². The summed E-state index contributed by atoms with van der Waals surface area (Å²) < 4.78 is 2.32. The molecule has 2 aromatic carbocycles. The van der Waals surface area contributed by atoms with Crippen LogP contribution in [0.3, 0.4) is 0 Å². The zero-order valence-corrected chi connectivity index (χ0v) is 20.8. The van der Waals surface area contributed by atoms with Gasteiger partial charge in [0.25, 0.3) is 0 Å². The van der Waals surface area contributed by atoms with Gasteiger partial charge in [-0.2, -0.15) is 0 Å². The highest BCUT2D eigenvalue weighted by atomic mass is 16.2. The quantitative estimate of drug-likeness (QED) is 0.573. The van der Waals surface area contributed by atoms with Gasteiger partial charge in [0.1, 0.15) is 5.82 Å². The van der Waals surface area contributed by atoms with Crippen LogP contribution in [-0.2, 0) is 17.9 Å². The minimum absolute atomic E-state index is 0.160. The molecule has 6 nitrogen and oxygen atoms in total. The van der Waals surface area contributed by atoms with E-state index < -0.39 is 0 Å². The third-order valence-corrected chi connectivity index (χ3v) is 7.70. The maximum atomic E-state index is 13.3. The van der Waals surface area contributed by atoms with Crippen LogP contribution in [0.25, 0.3) is 11.0 Å². The lowest BCUT2D eigenvalue weighted by molar-refractivity contribution is -0.137. The number of benzene rings is 2. The Hall–Kier alpha value is -2.86. The summed E-state index contributed by atoms with van der Waals surface area (Å²) >= 11 is 0. The molecule has 5 rings (SSSR count). The highest BCUT2D eigenvalue weighted by molar-refractivity contribution is 5.79. The second-order valence-electron chi connectivity index (χ2n) is 9.86. The fourth-order valence-electron chi connectivity index (χ4n) is 5.85. The highest BCUT2D eigenvalue weighted by Crippen LogP contribution is 2.27. The molecule has 0 radical (unpaired) electrons. The van der Waals surface area contributed by atoms with E-state index in [1.165, 1.54) is 22.3 Å². The Morgan fingerprint density at radius 1 is 0.912 bits per heavy atom. The van der Waals surface area contributed by atoms with Crippen LogP contribution >= 0.6 is 0 Å². The number of piperazine rings is 1. The molecular weight excluding hydrogens is 422 g/mol. The average Bonchev–Trinajstić information content (AvgIpc) is 3.21. The summed E-state index contributed by atoms with van der Waals surface area (Å²) in [6.07, 6.45) is 1.89. The van der Waals surface area contributed by atoms with Gasteiger partial charge in [-0.05, 0) is 70.0 Å². The van der Waals surface area contributed by atoms with E-state index in [0.717, 1.165) is 76.5 Å². The molecule has 0 N–H and O–H groups in total. The first kappa shape index (κ1) is 22.9. The van der Waals surface area contributed by atoms with Crippen molar-refractivity contribution in [2.45, 2.75) is 46.7 Å². The summed E-state index contributed by atoms with van der Waals surface area (Å²) in [6, 6.07) is 14.9. The summed E-state index contributed by atoms with van der Waals surface area (Å²) in [6.45, 7) is 13.8. The number of piperidine rings is 1. The van der Waals surface area contributed by atoms with Crippen molar-refractivity contribution in [3.63, 3.8) is 0 Å². The van der Waals surface area contributed by atoms with Crippen molar-refractivity contribution in [2.75, 3.05) is 44.2 Å². The molecule has 1 amide bonds. The average molecular weight is 460 g/mol. The normalized spacial score (nSPS) is 18.1. The molecule has 2 aliphatic heterocycles. The molecule has 0 unspecified atom stereocenters. The van der Waals surface area contributed by atoms with E-state index in [0.29, 0.717) is 5.91 Å². The standard InChI is InChI=1S/C28H37N5O/c1-4-33-25-11-6-5-10-24(25)29-26(33)20-30-14-12-23(13-15-30)28(34)32-18-16-31(17-19-32)27-21(2)8-7-9-22(27)3/h5-11,23H,4,12-20H2,1-3H3. The van der Waals surface area contributed by atoms with E-state index in [1.807, 2.05) is 0 Å². The van der Waals surface area contributed by atoms with E-state index in [1.54, 1.807) is 0 Å². The SMILES string of the molecule is CCn1c(CN2CCC(C(=O)N3CCN(c4c(C)cccc4C)CC3)CC2)nc2ccccc21. The number of carbonyl (C=O) groups is 1. The Morgan fingerprint density at radius 2 is 1.59 bits per heavy atom. The molecule has 2 fully saturated rings. The number of likely N-dealkylation sites (tertiary alicyclic amines) is 1. The topological polar surface area (TPSA) is 44.6 Å². The molecule has 3 heterocycles. The first-order valence-electron chi connectivity index (χ1n) is 12.8. The second-order valence-corrected chi connectivity index (χ2v) is 9.86. The number of rotatable bonds is 5. The lowest BCUT2D eigenvalue weighted by Crippen LogP contribution is -2.52. The van der Waals surface area contributed by atoms with Gasteiger partial charge in [0.05, 0.1) is 17.6 Å². The molecule has 3 aromatic rings. The van der Waals surface area contributed by atoms with Crippen LogP contribution in [0.15, 0.2) is 42.5 Å². The van der Waals surface area contributed by atoms with Gasteiger partial charge in [-0.3, -0.25) is 9.69 Å². The molecule has 2 aliphatic rings. The van der Waals surface area contributed by atoms with Gasteiger partial charge < -0.3 is 14.4 Å². The van der Waals surface area contributed by atoms with Crippen LogP contribution < -0.4 is 4.90 Å². The van der Waals surface area contributed by atoms with Gasteiger partial charge in [-0.25, -0.2) is 4.98 Å². The van der Waals surface area contributed by atoms with Gasteiger partial charge in [0.2, 0.25) is 5.91 Å². The van der Waals surface area contributed by atoms with Crippen molar-refractivity contribution in [3.05, 3.63) is 59.4 Å². The fraction of sp³-hybridized carbons (Fsp3) is 0.500. The Balaban J connectivity index is 1.15. The number of imidazole rings is 1. The third-order valence-electron chi connectivity index (χ3n) is 7.70. The van der Waals surface area contributed by atoms with Crippen LogP contribution in [0.4, 0.5) is 5.69 Å². The van der Waals surface area contributed by atoms with Gasteiger partial charge in [0.15, 0.2) is 0 Å². The predicted molar refractivity (Wildman–Crippen MR) is 138 cm³/mol. The number of hydrogen-bond acceptors (Lipinski definition) is 4. The molecule has 1 aromatic heterocycles. The first-order chi connectivity index (χ1) is 16.5. The number of anilines is 1. The Labute approximate surface area is 203 Å². The van der Waals surface area contributed by atoms with Crippen molar-refractivity contribution >= 4 is 22.6 Å². The predicted octanol–water partition coefficient (Wildman–Crippen LogP) is 4.23. The number of fused-ring (bicyclic) bond motifs is 1. The van der Waals surface area contributed by atoms with Crippen LogP contribution in [0, 0.1) is 19.8 Å². The molecule has 0 saturated carbocycles. The van der Waals surface area contributed by atoms with Gasteiger partial charge in [0, 0.05) is 44.3 Å². The summed E-state index contributed by atoms with van der Waals surface area (Å²) in [7, 11) is 0. The van der Waals surface area contributed by atoms with Crippen LogP contribution in [0.2, 0.25) is 0 Å². The van der Waals surface area contributed by atoms with E-state index in [2.05, 4.69) is 82.5 Å². The summed E-state index contributed by atoms with van der Waals surface area (Å²) in [5.41, 5.74) is 6.28. The summed E-state index contributed by atoms with van der Waals surface area (Å²) in [5, 5.41) is 0. The summed E-state index contributed by atoms with van der Waals surface area (Å²) in [4.78, 5) is 25.2. The summed E-state index contributed by atoms with van der Waals surface area (Å²) in [5.74, 6) is 1.66. The fourth-order valence-corrected chi connectivity index (χ4v) is 5.85. The van der Waals surface area contributed by atoms with E-state index in [9.17, 15) is 4.79 Å². The number of nitrogens with zero attached hydrogens (tertiary/aromatic N) is 5. The van der Waals surface area contributed by atoms with Gasteiger partial charge in [-0.1, -0.05) is 30.3 Å². The molecular formula is C28H37N5O. The minimum atomic E-state index is 0.160. The van der Waals surface area contributed by atoms with E-state index >= 15 is 0 Å². The lowest BCUT2D eigenvalue weighted by atomic mass is 9.95. The van der Waals surface area contributed by atoms with Crippen LogP contribution in [0.5, 0.6) is 0 Å². The van der Waals surface area contributed by atoms with Crippen LogP contribution in [-0.4, -0.2) is 64.5 Å². The Morgan fingerprint density at radius 3 is 2.26 bits per heavy atom. The van der Waals surface area contributed by atoms with Crippen molar-refractivity contribution < 1.29 is 4.79 Å². The zero-order valence-electron chi connectivity index (χ0n) is 20.8. The first-order valence-corrected chi connectivity index (χ1v) is 12.8. The van der Waals surface area contributed by atoms with Gasteiger partial charge in [-0.15, -0.1) is 0 Å². The molecule has 6 heteroatoms. The number of para-hydroxylation sites is 3. The monoisotopic (exact) mass is 459 g/mol. The largest absolute Gasteiger partial charge is 0.368 e. The number of carbonyl (C=O) groups excluding carboxylic acids is 1. The molecule has 0 bridgehead atoms. The maximum Gasteiger partial charge on any atom is 0.225 e. The molecule has 2 saturated heterocycles. The number of hydrogen-bond donors (Lipinski definition) is 0. The maximum absolute atomic E-state index is 13.3. The molecule has 0 atom stereocenters. The molecule has 0 spiro atoms. The smallest absolute Gasteiger partial charge is 0.225 e. The van der Waals surface area contributed by atoms with Crippen molar-refractivity contribution in [2.24, 2.45) is 5.92 Å². The van der Waals surface area contributed by atoms with Crippen molar-refractivity contribution in [1.29, 1.82) is 0 Å². The van der Waals surface area contributed by atoms with Crippen molar-refractivity contribution in [1.82, 2.24) is 19.4 Å². The molecule has 0 aliphatic carbocycles. The lowest BCUT2D eigenvalue weighted by Gasteiger charge is -2.40. The van der Waals surface area contributed by atoms with Crippen LogP contribution in [0.1, 0.15) is 36.7 Å². The number of aryl methyl sites for hydroxylation is 3. The van der Waals surface area contributed by atoms with Crippen molar-refractivity contribution in [3.8, 4) is 0 Å². The Bertz CT molecular complexity index is 1130. The zero-order chi connectivity index (χ0) is 23.7. The number of aromatic nitrogens is 2.